The van der Waals surface area contributed by atoms with Crippen LogP contribution < -0.4 is 5.32 Å². The second-order valence-corrected chi connectivity index (χ2v) is 5.47. The van der Waals surface area contributed by atoms with E-state index in [4.69, 9.17) is 11.6 Å². The Hall–Kier alpha value is -0.800. The lowest BCUT2D eigenvalue weighted by atomic mass is 10.1. The van der Waals surface area contributed by atoms with Crippen molar-refractivity contribution in [3.63, 3.8) is 0 Å². The Labute approximate surface area is 107 Å². The Balaban J connectivity index is 1.72. The quantitative estimate of drug-likeness (QED) is 0.820. The molecule has 2 unspecified atom stereocenters. The second kappa shape index (κ2) is 4.46. The van der Waals surface area contributed by atoms with Crippen LogP contribution in [0.5, 0.6) is 0 Å². The van der Waals surface area contributed by atoms with Crippen LogP contribution in [0.25, 0.3) is 0 Å². The van der Waals surface area contributed by atoms with E-state index in [0.717, 1.165) is 17.3 Å². The van der Waals surface area contributed by atoms with Crippen molar-refractivity contribution in [1.82, 2.24) is 9.88 Å². The van der Waals surface area contributed by atoms with E-state index < -0.39 is 0 Å². The van der Waals surface area contributed by atoms with E-state index in [1.165, 1.54) is 32.4 Å². The number of aromatic nitrogens is 1. The summed E-state index contributed by atoms with van der Waals surface area (Å²) in [5.41, 5.74) is 2.14. The Morgan fingerprint density at radius 2 is 2.29 bits per heavy atom. The zero-order chi connectivity index (χ0) is 11.8. The molecule has 0 amide bonds. The van der Waals surface area contributed by atoms with E-state index >= 15 is 0 Å². The van der Waals surface area contributed by atoms with Crippen LogP contribution in [0.1, 0.15) is 24.8 Å². The molecule has 0 aliphatic carbocycles. The molecule has 3 rings (SSSR count). The summed E-state index contributed by atoms with van der Waals surface area (Å²) < 4.78 is 0. The molecule has 0 radical (unpaired) electrons. The number of halogens is 1. The number of rotatable bonds is 2. The molecule has 0 bridgehead atoms. The molecule has 4 heteroatoms. The van der Waals surface area contributed by atoms with Crippen molar-refractivity contribution in [1.29, 1.82) is 0 Å². The lowest BCUT2D eigenvalue weighted by molar-refractivity contribution is 0.318. The third-order valence-corrected chi connectivity index (χ3v) is 4.37. The fraction of sp³-hybridized carbons (Fsp3) is 0.615. The van der Waals surface area contributed by atoms with Gasteiger partial charge < -0.3 is 5.32 Å². The largest absolute Gasteiger partial charge is 0.379 e. The average Bonchev–Trinajstić information content (AvgIpc) is 2.88. The minimum absolute atomic E-state index is 0.583. The van der Waals surface area contributed by atoms with Crippen LogP contribution >= 0.6 is 11.6 Å². The van der Waals surface area contributed by atoms with E-state index in [0.29, 0.717) is 11.2 Å². The maximum Gasteiger partial charge on any atom is 0.132 e. The van der Waals surface area contributed by atoms with Gasteiger partial charge in [0.05, 0.1) is 11.9 Å². The molecule has 0 spiro atoms. The van der Waals surface area contributed by atoms with Crippen LogP contribution in [0, 0.1) is 6.92 Å². The van der Waals surface area contributed by atoms with E-state index in [1.807, 2.05) is 13.1 Å². The molecule has 0 saturated carbocycles. The molecular weight excluding hydrogens is 234 g/mol. The van der Waals surface area contributed by atoms with Crippen LogP contribution in [0.15, 0.2) is 12.3 Å². The first-order chi connectivity index (χ1) is 8.24. The van der Waals surface area contributed by atoms with Crippen LogP contribution in [0.2, 0.25) is 5.15 Å². The fourth-order valence-corrected chi connectivity index (χ4v) is 3.21. The van der Waals surface area contributed by atoms with Crippen LogP contribution in [0.3, 0.4) is 0 Å². The number of fused-ring (bicyclic) bond motifs is 1. The highest BCUT2D eigenvalue weighted by atomic mass is 35.5. The third-order valence-electron chi connectivity index (χ3n) is 3.97. The van der Waals surface area contributed by atoms with Gasteiger partial charge in [-0.15, -0.1) is 0 Å². The summed E-state index contributed by atoms with van der Waals surface area (Å²) in [5, 5.41) is 4.22. The van der Waals surface area contributed by atoms with Gasteiger partial charge in [-0.25, -0.2) is 4.98 Å². The van der Waals surface area contributed by atoms with Gasteiger partial charge in [0.1, 0.15) is 5.15 Å². The third kappa shape index (κ3) is 2.14. The molecule has 1 N–H and O–H groups in total. The topological polar surface area (TPSA) is 28.2 Å². The number of hydrogen-bond acceptors (Lipinski definition) is 3. The van der Waals surface area contributed by atoms with Gasteiger partial charge >= 0.3 is 0 Å². The summed E-state index contributed by atoms with van der Waals surface area (Å²) in [6, 6.07) is 3.40. The van der Waals surface area contributed by atoms with Crippen molar-refractivity contribution in [3.05, 3.63) is 23.0 Å². The molecule has 2 saturated heterocycles. The smallest absolute Gasteiger partial charge is 0.132 e. The van der Waals surface area contributed by atoms with Gasteiger partial charge in [0, 0.05) is 18.6 Å². The Morgan fingerprint density at radius 3 is 3.12 bits per heavy atom. The minimum Gasteiger partial charge on any atom is -0.379 e. The van der Waals surface area contributed by atoms with Crippen molar-refractivity contribution in [2.75, 3.05) is 18.4 Å². The van der Waals surface area contributed by atoms with Gasteiger partial charge in [-0.1, -0.05) is 11.6 Å². The number of aryl methyl sites for hydroxylation is 1. The molecule has 17 heavy (non-hydrogen) atoms. The summed E-state index contributed by atoms with van der Waals surface area (Å²) in [6.45, 7) is 4.51. The van der Waals surface area contributed by atoms with Gasteiger partial charge in [0.25, 0.3) is 0 Å². The van der Waals surface area contributed by atoms with Gasteiger partial charge in [-0.3, -0.25) is 4.90 Å². The highest BCUT2D eigenvalue weighted by molar-refractivity contribution is 6.30. The summed E-state index contributed by atoms with van der Waals surface area (Å²) in [4.78, 5) is 6.80. The van der Waals surface area contributed by atoms with E-state index in [9.17, 15) is 0 Å². The number of nitrogens with one attached hydrogen (secondary N) is 1. The predicted octanol–water partition coefficient (Wildman–Crippen LogP) is 2.69. The van der Waals surface area contributed by atoms with Crippen LogP contribution in [0.4, 0.5) is 5.69 Å². The molecule has 2 aliphatic rings. The number of hydrogen-bond donors (Lipinski definition) is 1. The first kappa shape index (κ1) is 11.3. The zero-order valence-electron chi connectivity index (χ0n) is 10.1. The second-order valence-electron chi connectivity index (χ2n) is 5.12. The Morgan fingerprint density at radius 1 is 1.41 bits per heavy atom. The van der Waals surface area contributed by atoms with Crippen molar-refractivity contribution in [2.24, 2.45) is 0 Å². The maximum absolute atomic E-state index is 5.94. The zero-order valence-corrected chi connectivity index (χ0v) is 10.9. The van der Waals surface area contributed by atoms with Crippen molar-refractivity contribution < 1.29 is 0 Å². The molecule has 2 fully saturated rings. The molecule has 1 aromatic heterocycles. The maximum atomic E-state index is 5.94. The van der Waals surface area contributed by atoms with Gasteiger partial charge in [-0.2, -0.15) is 0 Å². The molecule has 2 atom stereocenters. The van der Waals surface area contributed by atoms with Crippen LogP contribution in [-0.2, 0) is 0 Å². The summed E-state index contributed by atoms with van der Waals surface area (Å²) in [6.07, 6.45) is 5.76. The van der Waals surface area contributed by atoms with Gasteiger partial charge in [0.15, 0.2) is 0 Å². The molecule has 1 aromatic rings. The molecular formula is C13H18ClN3. The summed E-state index contributed by atoms with van der Waals surface area (Å²) in [5.74, 6) is 0. The fourth-order valence-electron chi connectivity index (χ4n) is 3.10. The average molecular weight is 252 g/mol. The highest BCUT2D eigenvalue weighted by Gasteiger charge is 2.36. The first-order valence-electron chi connectivity index (χ1n) is 6.37. The first-order valence-corrected chi connectivity index (χ1v) is 6.74. The SMILES string of the molecule is Cc1cc(NC2CCN3CCCC23)cnc1Cl. The number of anilines is 1. The van der Waals surface area contributed by atoms with E-state index in [-0.39, 0.29) is 0 Å². The summed E-state index contributed by atoms with van der Waals surface area (Å²) >= 11 is 5.94. The highest BCUT2D eigenvalue weighted by Crippen LogP contribution is 2.30. The molecule has 3 heterocycles. The van der Waals surface area contributed by atoms with E-state index in [2.05, 4.69) is 21.3 Å². The summed E-state index contributed by atoms with van der Waals surface area (Å²) in [7, 11) is 0. The predicted molar refractivity (Wildman–Crippen MR) is 70.6 cm³/mol. The van der Waals surface area contributed by atoms with Crippen molar-refractivity contribution in [3.8, 4) is 0 Å². The number of pyridine rings is 1. The molecule has 0 aromatic carbocycles. The Bertz CT molecular complexity index is 421. The van der Waals surface area contributed by atoms with E-state index in [1.54, 1.807) is 0 Å². The normalized spacial score (nSPS) is 28.4. The van der Waals surface area contributed by atoms with Gasteiger partial charge in [-0.05, 0) is 44.4 Å². The molecule has 92 valence electrons. The van der Waals surface area contributed by atoms with Crippen LogP contribution in [-0.4, -0.2) is 35.1 Å². The Kier molecular flexibility index (Phi) is 2.97. The van der Waals surface area contributed by atoms with Crippen molar-refractivity contribution in [2.45, 2.75) is 38.3 Å². The van der Waals surface area contributed by atoms with Gasteiger partial charge in [0.2, 0.25) is 0 Å². The lowest BCUT2D eigenvalue weighted by Gasteiger charge is -2.22. The lowest BCUT2D eigenvalue weighted by Crippen LogP contribution is -2.33. The van der Waals surface area contributed by atoms with Crippen molar-refractivity contribution >= 4 is 17.3 Å². The molecule has 3 nitrogen and oxygen atoms in total. The minimum atomic E-state index is 0.583. The standard InChI is InChI=1S/C13H18ClN3/c1-9-7-10(8-15-13(9)14)16-11-4-6-17-5-2-3-12(11)17/h7-8,11-12,16H,2-6H2,1H3. The number of nitrogens with zero attached hydrogens (tertiary/aromatic N) is 2. The monoisotopic (exact) mass is 251 g/mol. The molecule has 2 aliphatic heterocycles.